The molecule has 0 unspecified atom stereocenters. The molecule has 0 aromatic carbocycles. The summed E-state index contributed by atoms with van der Waals surface area (Å²) in [5.41, 5.74) is 0. The normalized spacial score (nSPS) is 10.6. The van der Waals surface area contributed by atoms with Gasteiger partial charge in [0.1, 0.15) is 0 Å². The minimum absolute atomic E-state index is 0.225. The minimum Gasteiger partial charge on any atom is -0.481 e. The molecule has 0 aliphatic rings. The van der Waals surface area contributed by atoms with Crippen molar-refractivity contribution in [3.05, 3.63) is 0 Å². The summed E-state index contributed by atoms with van der Waals surface area (Å²) >= 11 is 0. The summed E-state index contributed by atoms with van der Waals surface area (Å²) in [7, 11) is 1.93. The highest BCUT2D eigenvalue weighted by molar-refractivity contribution is 5.66. The van der Waals surface area contributed by atoms with Crippen LogP contribution >= 0.6 is 0 Å². The molecule has 4 nitrogen and oxygen atoms in total. The maximum Gasteiger partial charge on any atom is 0.304 e. The lowest BCUT2D eigenvalue weighted by atomic mass is 10.4. The lowest BCUT2D eigenvalue weighted by Gasteiger charge is -2.14. The first-order valence-corrected chi connectivity index (χ1v) is 4.28. The van der Waals surface area contributed by atoms with Gasteiger partial charge in [-0.1, -0.05) is 6.92 Å². The number of nitrogens with zero attached hydrogens (tertiary/aromatic N) is 1. The first kappa shape index (κ1) is 11.4. The van der Waals surface area contributed by atoms with E-state index in [0.717, 1.165) is 19.6 Å². The van der Waals surface area contributed by atoms with E-state index in [1.165, 1.54) is 0 Å². The second-order valence-electron chi connectivity index (χ2n) is 2.80. The SMILES string of the molecule is CCNCCN(C)CCC(=O)O. The van der Waals surface area contributed by atoms with Gasteiger partial charge in [0.15, 0.2) is 0 Å². The zero-order valence-corrected chi connectivity index (χ0v) is 7.84. The Kier molecular flexibility index (Phi) is 6.70. The summed E-state index contributed by atoms with van der Waals surface area (Å²) in [6.45, 7) is 5.47. The van der Waals surface area contributed by atoms with Crippen molar-refractivity contribution >= 4 is 5.97 Å². The van der Waals surface area contributed by atoms with Crippen LogP contribution in [0.4, 0.5) is 0 Å². The third-order valence-corrected chi connectivity index (χ3v) is 1.63. The van der Waals surface area contributed by atoms with Crippen LogP contribution in [-0.4, -0.2) is 49.2 Å². The molecule has 0 aliphatic carbocycles. The minimum atomic E-state index is -0.731. The molecule has 0 radical (unpaired) electrons. The van der Waals surface area contributed by atoms with E-state index < -0.39 is 5.97 Å². The van der Waals surface area contributed by atoms with Gasteiger partial charge in [-0.25, -0.2) is 0 Å². The Hall–Kier alpha value is -0.610. The van der Waals surface area contributed by atoms with Gasteiger partial charge >= 0.3 is 5.97 Å². The second kappa shape index (κ2) is 7.06. The van der Waals surface area contributed by atoms with Crippen molar-refractivity contribution in [2.24, 2.45) is 0 Å². The second-order valence-corrected chi connectivity index (χ2v) is 2.80. The fourth-order valence-electron chi connectivity index (χ4n) is 0.845. The van der Waals surface area contributed by atoms with E-state index in [2.05, 4.69) is 12.2 Å². The highest BCUT2D eigenvalue weighted by Crippen LogP contribution is 1.85. The Morgan fingerprint density at radius 3 is 2.67 bits per heavy atom. The molecule has 0 rings (SSSR count). The van der Waals surface area contributed by atoms with Crippen LogP contribution in [0.5, 0.6) is 0 Å². The molecule has 0 saturated carbocycles. The molecule has 0 aromatic heterocycles. The monoisotopic (exact) mass is 174 g/mol. The zero-order valence-electron chi connectivity index (χ0n) is 7.84. The molecule has 0 aliphatic heterocycles. The average Bonchev–Trinajstić information content (AvgIpc) is 2.01. The molecular weight excluding hydrogens is 156 g/mol. The summed E-state index contributed by atoms with van der Waals surface area (Å²) in [6.07, 6.45) is 0.225. The van der Waals surface area contributed by atoms with Crippen molar-refractivity contribution in [2.45, 2.75) is 13.3 Å². The molecule has 12 heavy (non-hydrogen) atoms. The number of aliphatic carboxylic acids is 1. The molecule has 2 N–H and O–H groups in total. The van der Waals surface area contributed by atoms with Gasteiger partial charge in [0.05, 0.1) is 6.42 Å². The molecule has 0 heterocycles. The Morgan fingerprint density at radius 1 is 1.50 bits per heavy atom. The lowest BCUT2D eigenvalue weighted by Crippen LogP contribution is -2.30. The Bertz CT molecular complexity index is 128. The molecule has 0 saturated heterocycles. The number of likely N-dealkylation sites (N-methyl/N-ethyl adjacent to an activating group) is 2. The van der Waals surface area contributed by atoms with Gasteiger partial charge in [-0.2, -0.15) is 0 Å². The van der Waals surface area contributed by atoms with Gasteiger partial charge in [-0.3, -0.25) is 4.79 Å². The molecule has 0 fully saturated rings. The maximum atomic E-state index is 10.2. The summed E-state index contributed by atoms with van der Waals surface area (Å²) in [5, 5.41) is 11.6. The van der Waals surface area contributed by atoms with Gasteiger partial charge in [-0.15, -0.1) is 0 Å². The Labute approximate surface area is 73.6 Å². The van der Waals surface area contributed by atoms with Crippen LogP contribution in [0.1, 0.15) is 13.3 Å². The Balaban J connectivity index is 3.21. The number of carboxylic acid groups (broad SMARTS) is 1. The smallest absolute Gasteiger partial charge is 0.304 e. The van der Waals surface area contributed by atoms with E-state index in [9.17, 15) is 4.79 Å². The van der Waals surface area contributed by atoms with Crippen LogP contribution in [-0.2, 0) is 4.79 Å². The zero-order chi connectivity index (χ0) is 9.40. The van der Waals surface area contributed by atoms with Crippen LogP contribution in [0.2, 0.25) is 0 Å². The summed E-state index contributed by atoms with van der Waals surface area (Å²) in [6, 6.07) is 0. The third-order valence-electron chi connectivity index (χ3n) is 1.63. The predicted molar refractivity (Wildman–Crippen MR) is 48.3 cm³/mol. The topological polar surface area (TPSA) is 52.6 Å². The highest BCUT2D eigenvalue weighted by atomic mass is 16.4. The van der Waals surface area contributed by atoms with Crippen LogP contribution in [0.3, 0.4) is 0 Å². The predicted octanol–water partition coefficient (Wildman–Crippen LogP) is 0.00240. The van der Waals surface area contributed by atoms with E-state index in [0.29, 0.717) is 6.54 Å². The number of carboxylic acids is 1. The number of hydrogen-bond acceptors (Lipinski definition) is 3. The molecule has 4 heteroatoms. The molecule has 72 valence electrons. The fraction of sp³-hybridized carbons (Fsp3) is 0.875. The third kappa shape index (κ3) is 7.50. The highest BCUT2D eigenvalue weighted by Gasteiger charge is 2.00. The summed E-state index contributed by atoms with van der Waals surface area (Å²) < 4.78 is 0. The van der Waals surface area contributed by atoms with Crippen LogP contribution in [0.15, 0.2) is 0 Å². The van der Waals surface area contributed by atoms with Crippen molar-refractivity contribution in [1.29, 1.82) is 0 Å². The average molecular weight is 174 g/mol. The van der Waals surface area contributed by atoms with Crippen LogP contribution < -0.4 is 5.32 Å². The molecule has 0 atom stereocenters. The van der Waals surface area contributed by atoms with Gasteiger partial charge in [-0.05, 0) is 13.6 Å². The van der Waals surface area contributed by atoms with Gasteiger partial charge < -0.3 is 15.3 Å². The quantitative estimate of drug-likeness (QED) is 0.533. The fourth-order valence-corrected chi connectivity index (χ4v) is 0.845. The van der Waals surface area contributed by atoms with Crippen LogP contribution in [0.25, 0.3) is 0 Å². The standard InChI is InChI=1S/C8H18N2O2/c1-3-9-5-7-10(2)6-4-8(11)12/h9H,3-7H2,1-2H3,(H,11,12). The van der Waals surface area contributed by atoms with Crippen molar-refractivity contribution < 1.29 is 9.90 Å². The first-order chi connectivity index (χ1) is 5.66. The van der Waals surface area contributed by atoms with Crippen molar-refractivity contribution in [1.82, 2.24) is 10.2 Å². The number of rotatable bonds is 7. The largest absolute Gasteiger partial charge is 0.481 e. The van der Waals surface area contributed by atoms with Crippen molar-refractivity contribution in [2.75, 3.05) is 33.2 Å². The van der Waals surface area contributed by atoms with Crippen LogP contribution in [0, 0.1) is 0 Å². The van der Waals surface area contributed by atoms with E-state index in [4.69, 9.17) is 5.11 Å². The van der Waals surface area contributed by atoms with Gasteiger partial charge in [0.2, 0.25) is 0 Å². The lowest BCUT2D eigenvalue weighted by molar-refractivity contribution is -0.137. The number of nitrogens with one attached hydrogen (secondary N) is 1. The molecule has 0 aromatic rings. The summed E-state index contributed by atoms with van der Waals surface area (Å²) in [4.78, 5) is 12.2. The first-order valence-electron chi connectivity index (χ1n) is 4.28. The van der Waals surface area contributed by atoms with Gasteiger partial charge in [0, 0.05) is 19.6 Å². The van der Waals surface area contributed by atoms with E-state index in [-0.39, 0.29) is 6.42 Å². The molecule has 0 spiro atoms. The molecule has 0 amide bonds. The van der Waals surface area contributed by atoms with E-state index in [1.807, 2.05) is 11.9 Å². The number of carbonyl (C=O) groups is 1. The maximum absolute atomic E-state index is 10.2. The molecule has 0 bridgehead atoms. The number of hydrogen-bond donors (Lipinski definition) is 2. The Morgan fingerprint density at radius 2 is 2.17 bits per heavy atom. The summed E-state index contributed by atoms with van der Waals surface area (Å²) in [5.74, 6) is -0.731. The van der Waals surface area contributed by atoms with E-state index >= 15 is 0 Å². The molecular formula is C8H18N2O2. The van der Waals surface area contributed by atoms with Crippen molar-refractivity contribution in [3.63, 3.8) is 0 Å². The van der Waals surface area contributed by atoms with Gasteiger partial charge in [0.25, 0.3) is 0 Å². The van der Waals surface area contributed by atoms with E-state index in [1.54, 1.807) is 0 Å². The van der Waals surface area contributed by atoms with Crippen molar-refractivity contribution in [3.8, 4) is 0 Å².